The van der Waals surface area contributed by atoms with Crippen LogP contribution in [-0.4, -0.2) is 45.5 Å². The summed E-state index contributed by atoms with van der Waals surface area (Å²) in [5, 5.41) is 0. The fourth-order valence-corrected chi connectivity index (χ4v) is 2.85. The zero-order valence-electron chi connectivity index (χ0n) is 12.5. The van der Waals surface area contributed by atoms with Crippen LogP contribution in [0.15, 0.2) is 29.2 Å². The molecule has 6 heteroatoms. The summed E-state index contributed by atoms with van der Waals surface area (Å²) in [7, 11) is -1.39. The van der Waals surface area contributed by atoms with Gasteiger partial charge in [-0.25, -0.2) is 8.42 Å². The molecule has 0 aromatic heterocycles. The second-order valence-electron chi connectivity index (χ2n) is 4.94. The maximum atomic E-state index is 11.1. The van der Waals surface area contributed by atoms with E-state index in [1.54, 1.807) is 12.1 Å². The molecule has 1 amide bonds. The number of carbonyl (C=O) groups excluding carboxylic acids is 1. The van der Waals surface area contributed by atoms with Gasteiger partial charge >= 0.3 is 0 Å². The summed E-state index contributed by atoms with van der Waals surface area (Å²) in [6.45, 7) is 10.5. The first-order chi connectivity index (χ1) is 9.29. The lowest BCUT2D eigenvalue weighted by Gasteiger charge is -2.30. The van der Waals surface area contributed by atoms with Crippen LogP contribution in [0.5, 0.6) is 0 Å². The normalized spacial score (nSPS) is 15.9. The molecule has 112 valence electrons. The fourth-order valence-electron chi connectivity index (χ4n) is 1.75. The van der Waals surface area contributed by atoms with Crippen LogP contribution in [0.1, 0.15) is 31.1 Å². The summed E-state index contributed by atoms with van der Waals surface area (Å²) in [5.41, 5.74) is 0.164. The third kappa shape index (κ3) is 3.58. The highest BCUT2D eigenvalue weighted by molar-refractivity contribution is 7.95. The van der Waals surface area contributed by atoms with Crippen molar-refractivity contribution in [1.29, 1.82) is 0 Å². The van der Waals surface area contributed by atoms with Crippen molar-refractivity contribution in [3.05, 3.63) is 34.6 Å². The number of nitrogens with zero attached hydrogens (tertiary/aromatic N) is 2. The number of amides is 1. The van der Waals surface area contributed by atoms with Crippen LogP contribution >= 0.6 is 0 Å². The first kappa shape index (κ1) is 16.7. The van der Waals surface area contributed by atoms with Gasteiger partial charge in [0.25, 0.3) is 0 Å². The zero-order chi connectivity index (χ0) is 15.4. The van der Waals surface area contributed by atoms with Crippen molar-refractivity contribution < 1.29 is 17.7 Å². The van der Waals surface area contributed by atoms with Crippen LogP contribution in [0.3, 0.4) is 0 Å². The van der Waals surface area contributed by atoms with E-state index in [0.29, 0.717) is 0 Å². The summed E-state index contributed by atoms with van der Waals surface area (Å²) in [6, 6.07) is 5.99. The standard InChI is InChI=1S/C7H5NO3S.C7H18N/c9-7-5-3-1-2-4-6(5)12(10,11)8-7;1-5-8(4,6-2)7-3/h1-4H,(H,8,9);5-7H2,1-4H3/q;+1/p-1. The summed E-state index contributed by atoms with van der Waals surface area (Å²) in [6.07, 6.45) is 0. The Kier molecular flexibility index (Phi) is 5.30. The molecule has 20 heavy (non-hydrogen) atoms. The van der Waals surface area contributed by atoms with Crippen LogP contribution in [0.2, 0.25) is 0 Å². The Balaban J connectivity index is 0.000000221. The average molecular weight is 298 g/mol. The monoisotopic (exact) mass is 298 g/mol. The van der Waals surface area contributed by atoms with E-state index in [1.165, 1.54) is 36.3 Å². The van der Waals surface area contributed by atoms with Crippen molar-refractivity contribution in [2.75, 3.05) is 26.7 Å². The van der Waals surface area contributed by atoms with Crippen molar-refractivity contribution in [2.24, 2.45) is 0 Å². The Hall–Kier alpha value is -1.40. The van der Waals surface area contributed by atoms with Crippen LogP contribution in [0.4, 0.5) is 0 Å². The second-order valence-corrected chi connectivity index (χ2v) is 6.51. The van der Waals surface area contributed by atoms with Crippen molar-refractivity contribution in [3.8, 4) is 0 Å². The highest BCUT2D eigenvalue weighted by Crippen LogP contribution is 2.30. The molecule has 0 aliphatic carbocycles. The molecule has 0 spiro atoms. The molecule has 1 heterocycles. The number of rotatable bonds is 3. The maximum Gasteiger partial charge on any atom is 0.126 e. The molecular formula is C14H22N2O3S. The molecule has 0 atom stereocenters. The van der Waals surface area contributed by atoms with Gasteiger partial charge in [-0.15, -0.1) is 0 Å². The van der Waals surface area contributed by atoms with Gasteiger partial charge < -0.3 is 14.0 Å². The van der Waals surface area contributed by atoms with Crippen LogP contribution in [0.25, 0.3) is 4.72 Å². The van der Waals surface area contributed by atoms with Crippen molar-refractivity contribution >= 4 is 15.9 Å². The van der Waals surface area contributed by atoms with Crippen molar-refractivity contribution in [2.45, 2.75) is 25.7 Å². The molecule has 2 rings (SSSR count). The number of hydrogen-bond donors (Lipinski definition) is 0. The van der Waals surface area contributed by atoms with E-state index < -0.39 is 15.9 Å². The smallest absolute Gasteiger partial charge is 0.126 e. The molecule has 1 aromatic carbocycles. The first-order valence-electron chi connectivity index (χ1n) is 6.74. The quantitative estimate of drug-likeness (QED) is 0.805. The second kappa shape index (κ2) is 6.37. The van der Waals surface area contributed by atoms with E-state index in [1.807, 2.05) is 0 Å². The van der Waals surface area contributed by atoms with Gasteiger partial charge in [0.1, 0.15) is 10.0 Å². The number of hydrogen-bond acceptors (Lipinski definition) is 3. The molecular weight excluding hydrogens is 276 g/mol. The van der Waals surface area contributed by atoms with Gasteiger partial charge in [-0.1, -0.05) is 18.2 Å². The zero-order valence-corrected chi connectivity index (χ0v) is 13.3. The number of sulfonamides is 1. The fraction of sp³-hybridized carbons (Fsp3) is 0.500. The number of carbonyl (C=O) groups is 1. The molecule has 0 N–H and O–H groups in total. The molecule has 0 fully saturated rings. The minimum absolute atomic E-state index is 0.00926. The minimum atomic E-state index is -3.68. The predicted octanol–water partition coefficient (Wildman–Crippen LogP) is 2.40. The maximum absolute atomic E-state index is 11.1. The summed E-state index contributed by atoms with van der Waals surface area (Å²) in [4.78, 5) is 10.9. The van der Waals surface area contributed by atoms with Gasteiger partial charge in [-0.3, -0.25) is 0 Å². The van der Waals surface area contributed by atoms with Crippen molar-refractivity contribution in [3.63, 3.8) is 0 Å². The molecule has 0 saturated heterocycles. The molecule has 5 nitrogen and oxygen atoms in total. The Bertz CT molecular complexity index is 570. The molecule has 0 saturated carbocycles. The molecule has 1 aromatic rings. The van der Waals surface area contributed by atoms with Crippen LogP contribution in [0, 0.1) is 0 Å². The first-order valence-corrected chi connectivity index (χ1v) is 8.18. The number of benzene rings is 1. The Morgan fingerprint density at radius 3 is 1.95 bits per heavy atom. The Morgan fingerprint density at radius 2 is 1.55 bits per heavy atom. The largest absolute Gasteiger partial charge is 0.537 e. The van der Waals surface area contributed by atoms with Gasteiger partial charge in [0.15, 0.2) is 0 Å². The van der Waals surface area contributed by atoms with E-state index in [-0.39, 0.29) is 10.5 Å². The molecule has 1 aliphatic heterocycles. The molecule has 0 radical (unpaired) electrons. The van der Waals surface area contributed by atoms with Gasteiger partial charge in [0.05, 0.1) is 37.5 Å². The third-order valence-corrected chi connectivity index (χ3v) is 5.21. The minimum Gasteiger partial charge on any atom is -0.537 e. The third-order valence-electron chi connectivity index (χ3n) is 3.89. The average Bonchev–Trinajstić information content (AvgIpc) is 2.69. The highest BCUT2D eigenvalue weighted by atomic mass is 32.2. The van der Waals surface area contributed by atoms with E-state index in [2.05, 4.69) is 32.5 Å². The Labute approximate surface area is 121 Å². The van der Waals surface area contributed by atoms with Crippen LogP contribution < -0.4 is 0 Å². The van der Waals surface area contributed by atoms with Gasteiger partial charge in [0, 0.05) is 5.56 Å². The van der Waals surface area contributed by atoms with E-state index in [9.17, 15) is 13.2 Å². The van der Waals surface area contributed by atoms with E-state index >= 15 is 0 Å². The Morgan fingerprint density at radius 1 is 1.05 bits per heavy atom. The lowest BCUT2D eigenvalue weighted by atomic mass is 10.2. The molecule has 0 unspecified atom stereocenters. The van der Waals surface area contributed by atoms with Crippen molar-refractivity contribution in [1.82, 2.24) is 0 Å². The van der Waals surface area contributed by atoms with Crippen LogP contribution in [-0.2, 0) is 10.0 Å². The molecule has 1 aliphatic rings. The van der Waals surface area contributed by atoms with E-state index in [4.69, 9.17) is 0 Å². The lowest BCUT2D eigenvalue weighted by Crippen LogP contribution is -2.42. The molecule has 0 bridgehead atoms. The summed E-state index contributed by atoms with van der Waals surface area (Å²) < 4.78 is 26.4. The summed E-state index contributed by atoms with van der Waals surface area (Å²) in [5.74, 6) is -0.675. The SMILES string of the molecule is CC[N+](C)(CC)CC.O=C1[N-]S(=O)(=O)c2ccccc21. The van der Waals surface area contributed by atoms with Gasteiger partial charge in [0.2, 0.25) is 0 Å². The lowest BCUT2D eigenvalue weighted by molar-refractivity contribution is -0.904. The van der Waals surface area contributed by atoms with Gasteiger partial charge in [-0.05, 0) is 26.8 Å². The van der Waals surface area contributed by atoms with E-state index in [0.717, 1.165) is 0 Å². The summed E-state index contributed by atoms with van der Waals surface area (Å²) >= 11 is 0. The topological polar surface area (TPSA) is 65.3 Å². The van der Waals surface area contributed by atoms with Gasteiger partial charge in [-0.2, -0.15) is 0 Å². The number of fused-ring (bicyclic) bond motifs is 1. The number of quaternary nitrogens is 1. The predicted molar refractivity (Wildman–Crippen MR) is 79.1 cm³/mol. The highest BCUT2D eigenvalue weighted by Gasteiger charge is 2.20.